The van der Waals surface area contributed by atoms with Crippen LogP contribution in [-0.4, -0.2) is 25.0 Å². The number of ether oxygens (including phenoxy) is 1. The highest BCUT2D eigenvalue weighted by atomic mass is 16.5. The number of hydrogen-bond donors (Lipinski definition) is 2. The summed E-state index contributed by atoms with van der Waals surface area (Å²) in [5.74, 6) is 0.104. The number of anilines is 1. The number of rotatable bonds is 7. The molecule has 0 atom stereocenters. The van der Waals surface area contributed by atoms with Gasteiger partial charge in [-0.15, -0.1) is 6.58 Å². The van der Waals surface area contributed by atoms with Crippen molar-refractivity contribution in [3.63, 3.8) is 0 Å². The maximum atomic E-state index is 12.2. The van der Waals surface area contributed by atoms with E-state index in [-0.39, 0.29) is 18.4 Å². The summed E-state index contributed by atoms with van der Waals surface area (Å²) in [6.45, 7) is 7.65. The molecule has 0 spiro atoms. The van der Waals surface area contributed by atoms with Crippen LogP contribution in [0.15, 0.2) is 55.1 Å². The minimum Gasteiger partial charge on any atom is -0.483 e. The molecular formula is C20H22N2O3. The standard InChI is InChI=1S/C20H22N2O3/c1-4-12-21-20(24)16-10-5-6-11-17(16)22-18(23)13-25-19-14(2)8-7-9-15(19)3/h4-11H,1,12-13H2,2-3H3,(H,21,24)(H,22,23). The number of carbonyl (C=O) groups is 2. The van der Waals surface area contributed by atoms with Crippen LogP contribution in [-0.2, 0) is 4.79 Å². The van der Waals surface area contributed by atoms with E-state index in [1.54, 1.807) is 30.3 Å². The second kappa shape index (κ2) is 8.68. The van der Waals surface area contributed by atoms with E-state index < -0.39 is 0 Å². The van der Waals surface area contributed by atoms with Gasteiger partial charge in [0.05, 0.1) is 11.3 Å². The van der Waals surface area contributed by atoms with Gasteiger partial charge in [-0.05, 0) is 37.1 Å². The Bertz CT molecular complexity index is 764. The van der Waals surface area contributed by atoms with Gasteiger partial charge in [0.2, 0.25) is 0 Å². The van der Waals surface area contributed by atoms with E-state index in [1.165, 1.54) is 0 Å². The fourth-order valence-electron chi connectivity index (χ4n) is 2.40. The lowest BCUT2D eigenvalue weighted by molar-refractivity contribution is -0.118. The summed E-state index contributed by atoms with van der Waals surface area (Å²) < 4.78 is 5.64. The number of amides is 2. The third-order valence-electron chi connectivity index (χ3n) is 3.61. The summed E-state index contributed by atoms with van der Waals surface area (Å²) in [5.41, 5.74) is 2.78. The highest BCUT2D eigenvalue weighted by Crippen LogP contribution is 2.22. The number of carbonyl (C=O) groups excluding carboxylic acids is 2. The van der Waals surface area contributed by atoms with Gasteiger partial charge in [-0.2, -0.15) is 0 Å². The molecule has 0 fully saturated rings. The number of aryl methyl sites for hydroxylation is 2. The molecule has 0 saturated heterocycles. The highest BCUT2D eigenvalue weighted by Gasteiger charge is 2.13. The predicted molar refractivity (Wildman–Crippen MR) is 99.0 cm³/mol. The highest BCUT2D eigenvalue weighted by molar-refractivity contribution is 6.04. The van der Waals surface area contributed by atoms with Crippen molar-refractivity contribution in [2.75, 3.05) is 18.5 Å². The quantitative estimate of drug-likeness (QED) is 0.762. The van der Waals surface area contributed by atoms with Crippen LogP contribution in [0, 0.1) is 13.8 Å². The largest absolute Gasteiger partial charge is 0.483 e. The molecule has 0 unspecified atom stereocenters. The van der Waals surface area contributed by atoms with E-state index >= 15 is 0 Å². The van der Waals surface area contributed by atoms with Gasteiger partial charge in [-0.1, -0.05) is 36.4 Å². The van der Waals surface area contributed by atoms with Crippen LogP contribution in [0.5, 0.6) is 5.75 Å². The Kier molecular flexibility index (Phi) is 6.34. The van der Waals surface area contributed by atoms with Crippen molar-refractivity contribution >= 4 is 17.5 Å². The molecule has 2 aromatic rings. The zero-order valence-electron chi connectivity index (χ0n) is 14.5. The monoisotopic (exact) mass is 338 g/mol. The summed E-state index contributed by atoms with van der Waals surface area (Å²) in [6.07, 6.45) is 1.59. The van der Waals surface area contributed by atoms with Crippen molar-refractivity contribution in [2.45, 2.75) is 13.8 Å². The number of para-hydroxylation sites is 2. The van der Waals surface area contributed by atoms with Crippen LogP contribution in [0.25, 0.3) is 0 Å². The first-order valence-corrected chi connectivity index (χ1v) is 8.00. The van der Waals surface area contributed by atoms with Crippen molar-refractivity contribution in [3.05, 3.63) is 71.8 Å². The summed E-state index contributed by atoms with van der Waals surface area (Å²) in [6, 6.07) is 12.6. The molecular weight excluding hydrogens is 316 g/mol. The lowest BCUT2D eigenvalue weighted by Crippen LogP contribution is -2.26. The van der Waals surface area contributed by atoms with Crippen LogP contribution >= 0.6 is 0 Å². The first kappa shape index (κ1) is 18.3. The molecule has 2 aromatic carbocycles. The molecule has 2 N–H and O–H groups in total. The molecule has 130 valence electrons. The third kappa shape index (κ3) is 4.94. The van der Waals surface area contributed by atoms with Gasteiger partial charge < -0.3 is 15.4 Å². The SMILES string of the molecule is C=CCNC(=O)c1ccccc1NC(=O)COc1c(C)cccc1C. The van der Waals surface area contributed by atoms with Gasteiger partial charge in [0.1, 0.15) is 5.75 Å². The molecule has 0 aromatic heterocycles. The van der Waals surface area contributed by atoms with E-state index in [2.05, 4.69) is 17.2 Å². The number of nitrogens with one attached hydrogen (secondary N) is 2. The molecule has 2 rings (SSSR count). The van der Waals surface area contributed by atoms with Crippen molar-refractivity contribution in [1.29, 1.82) is 0 Å². The minimum atomic E-state index is -0.327. The van der Waals surface area contributed by atoms with Crippen molar-refractivity contribution in [2.24, 2.45) is 0 Å². The van der Waals surface area contributed by atoms with Gasteiger partial charge >= 0.3 is 0 Å². The fourth-order valence-corrected chi connectivity index (χ4v) is 2.40. The Hall–Kier alpha value is -3.08. The van der Waals surface area contributed by atoms with E-state index in [1.807, 2.05) is 32.0 Å². The van der Waals surface area contributed by atoms with Crippen LogP contribution in [0.2, 0.25) is 0 Å². The van der Waals surface area contributed by atoms with Crippen molar-refractivity contribution in [3.8, 4) is 5.75 Å². The van der Waals surface area contributed by atoms with E-state index in [0.29, 0.717) is 23.5 Å². The van der Waals surface area contributed by atoms with Crippen molar-refractivity contribution < 1.29 is 14.3 Å². The van der Waals surface area contributed by atoms with E-state index in [4.69, 9.17) is 4.74 Å². The topological polar surface area (TPSA) is 67.4 Å². The first-order chi connectivity index (χ1) is 12.0. The molecule has 0 aliphatic carbocycles. The summed E-state index contributed by atoms with van der Waals surface area (Å²) in [5, 5.41) is 5.42. The Balaban J connectivity index is 2.03. The second-order valence-electron chi connectivity index (χ2n) is 5.60. The normalized spacial score (nSPS) is 10.0. The van der Waals surface area contributed by atoms with Gasteiger partial charge in [0.15, 0.2) is 6.61 Å². The fraction of sp³-hybridized carbons (Fsp3) is 0.200. The maximum absolute atomic E-state index is 12.2. The Morgan fingerprint density at radius 2 is 1.76 bits per heavy atom. The molecule has 0 aliphatic heterocycles. The van der Waals surface area contributed by atoms with Gasteiger partial charge in [-0.25, -0.2) is 0 Å². The molecule has 0 heterocycles. The summed E-state index contributed by atoms with van der Waals surface area (Å²) in [4.78, 5) is 24.3. The zero-order valence-corrected chi connectivity index (χ0v) is 14.5. The smallest absolute Gasteiger partial charge is 0.262 e. The van der Waals surface area contributed by atoms with Gasteiger partial charge in [0.25, 0.3) is 11.8 Å². The second-order valence-corrected chi connectivity index (χ2v) is 5.60. The van der Waals surface area contributed by atoms with Gasteiger partial charge in [-0.3, -0.25) is 9.59 Å². The molecule has 0 aliphatic rings. The molecule has 0 bridgehead atoms. The lowest BCUT2D eigenvalue weighted by Gasteiger charge is -2.13. The molecule has 5 heteroatoms. The van der Waals surface area contributed by atoms with Crippen LogP contribution in [0.3, 0.4) is 0 Å². The minimum absolute atomic E-state index is 0.131. The molecule has 25 heavy (non-hydrogen) atoms. The Morgan fingerprint density at radius 3 is 2.44 bits per heavy atom. The third-order valence-corrected chi connectivity index (χ3v) is 3.61. The Morgan fingerprint density at radius 1 is 1.08 bits per heavy atom. The first-order valence-electron chi connectivity index (χ1n) is 8.00. The van der Waals surface area contributed by atoms with Crippen LogP contribution < -0.4 is 15.4 Å². The van der Waals surface area contributed by atoms with Crippen LogP contribution in [0.4, 0.5) is 5.69 Å². The van der Waals surface area contributed by atoms with E-state index in [0.717, 1.165) is 11.1 Å². The van der Waals surface area contributed by atoms with Crippen molar-refractivity contribution in [1.82, 2.24) is 5.32 Å². The zero-order chi connectivity index (χ0) is 18.2. The summed E-state index contributed by atoms with van der Waals surface area (Å²) in [7, 11) is 0. The Labute approximate surface area is 147 Å². The number of benzene rings is 2. The van der Waals surface area contributed by atoms with Gasteiger partial charge in [0, 0.05) is 6.54 Å². The average molecular weight is 338 g/mol. The number of hydrogen-bond acceptors (Lipinski definition) is 3. The summed E-state index contributed by atoms with van der Waals surface area (Å²) >= 11 is 0. The maximum Gasteiger partial charge on any atom is 0.262 e. The predicted octanol–water partition coefficient (Wildman–Crippen LogP) is 3.24. The molecule has 2 amide bonds. The lowest BCUT2D eigenvalue weighted by atomic mass is 10.1. The van der Waals surface area contributed by atoms with Crippen LogP contribution in [0.1, 0.15) is 21.5 Å². The molecule has 5 nitrogen and oxygen atoms in total. The molecule has 0 radical (unpaired) electrons. The average Bonchev–Trinajstić information content (AvgIpc) is 2.59. The van der Waals surface area contributed by atoms with E-state index in [9.17, 15) is 9.59 Å². The molecule has 0 saturated carbocycles.